The van der Waals surface area contributed by atoms with Gasteiger partial charge in [0.15, 0.2) is 0 Å². The van der Waals surface area contributed by atoms with E-state index in [1.54, 1.807) is 0 Å². The Morgan fingerprint density at radius 2 is 1.57 bits per heavy atom. The van der Waals surface area contributed by atoms with Gasteiger partial charge in [0.05, 0.1) is 68.7 Å². The first-order valence-electron chi connectivity index (χ1n) is 8.15. The molecule has 2 unspecified atom stereocenters. The average Bonchev–Trinajstić information content (AvgIpc) is 2.31. The minimum absolute atomic E-state index is 0.0613. The third-order valence-electron chi connectivity index (χ3n) is 3.16. The second kappa shape index (κ2) is 9.88. The Balaban J connectivity index is 4.28. The summed E-state index contributed by atoms with van der Waals surface area (Å²) in [7, 11) is 12.1. The smallest absolute Gasteiger partial charge is 0.139 e. The molecule has 0 aromatic rings. The fraction of sp³-hybridized carbons (Fsp3) is 1.00. The Bertz CT molecular complexity index is 315. The molecular formula is C16H38N2O5+2. The molecule has 0 heterocycles. The molecule has 0 rings (SSSR count). The van der Waals surface area contributed by atoms with Gasteiger partial charge in [-0.1, -0.05) is 0 Å². The van der Waals surface area contributed by atoms with Gasteiger partial charge in [-0.25, -0.2) is 0 Å². The van der Waals surface area contributed by atoms with Gasteiger partial charge < -0.3 is 33.8 Å². The van der Waals surface area contributed by atoms with Crippen LogP contribution in [0.2, 0.25) is 0 Å². The molecule has 0 bridgehead atoms. The number of nitrogens with zero attached hydrogens (tertiary/aromatic N) is 2. The molecule has 0 amide bonds. The Kier molecular flexibility index (Phi) is 9.76. The van der Waals surface area contributed by atoms with E-state index < -0.39 is 11.7 Å². The van der Waals surface area contributed by atoms with Gasteiger partial charge >= 0.3 is 0 Å². The fourth-order valence-electron chi connectivity index (χ4n) is 2.57. The quantitative estimate of drug-likeness (QED) is 0.294. The summed E-state index contributed by atoms with van der Waals surface area (Å²) in [5, 5.41) is 29.5. The molecule has 7 nitrogen and oxygen atoms in total. The molecule has 0 aliphatic rings. The summed E-state index contributed by atoms with van der Waals surface area (Å²) in [6.07, 6.45) is -0.0995. The highest BCUT2D eigenvalue weighted by molar-refractivity contribution is 4.78. The van der Waals surface area contributed by atoms with Crippen molar-refractivity contribution in [3.63, 3.8) is 0 Å². The zero-order valence-electron chi connectivity index (χ0n) is 15.8. The summed E-state index contributed by atoms with van der Waals surface area (Å²) in [5.41, 5.74) is -1.02. The fourth-order valence-corrected chi connectivity index (χ4v) is 2.57. The molecule has 0 saturated carbocycles. The van der Waals surface area contributed by atoms with Crippen LogP contribution in [-0.2, 0) is 9.47 Å². The number of hydrogen-bond acceptors (Lipinski definition) is 5. The summed E-state index contributed by atoms with van der Waals surface area (Å²) < 4.78 is 12.1. The predicted octanol–water partition coefficient (Wildman–Crippen LogP) is -1.09. The molecule has 7 heteroatoms. The Morgan fingerprint density at radius 1 is 0.957 bits per heavy atom. The van der Waals surface area contributed by atoms with Crippen LogP contribution in [0.3, 0.4) is 0 Å². The minimum Gasteiger partial charge on any atom is -0.394 e. The first-order valence-corrected chi connectivity index (χ1v) is 8.15. The highest BCUT2D eigenvalue weighted by Crippen LogP contribution is 2.15. The number of ether oxygens (including phenoxy) is 2. The topological polar surface area (TPSA) is 79.2 Å². The lowest BCUT2D eigenvalue weighted by Crippen LogP contribution is -2.52. The van der Waals surface area contributed by atoms with E-state index in [1.165, 1.54) is 0 Å². The van der Waals surface area contributed by atoms with Gasteiger partial charge in [0.1, 0.15) is 24.8 Å². The number of hydrogen-bond donors (Lipinski definition) is 3. The lowest BCUT2D eigenvalue weighted by molar-refractivity contribution is -0.877. The minimum atomic E-state index is -1.02. The summed E-state index contributed by atoms with van der Waals surface area (Å²) in [5.74, 6) is 0. The van der Waals surface area contributed by atoms with Crippen LogP contribution >= 0.6 is 0 Å². The monoisotopic (exact) mass is 338 g/mol. The van der Waals surface area contributed by atoms with Crippen molar-refractivity contribution < 1.29 is 33.8 Å². The molecule has 23 heavy (non-hydrogen) atoms. The maximum Gasteiger partial charge on any atom is 0.139 e. The number of likely N-dealkylation sites (N-methyl/N-ethyl adjacent to an activating group) is 2. The van der Waals surface area contributed by atoms with E-state index in [1.807, 2.05) is 42.3 Å². The van der Waals surface area contributed by atoms with Crippen LogP contribution in [0.25, 0.3) is 0 Å². The SMILES string of the molecule is C[N+](C)(C)CC(O)COCCC(O)(COCCO)C[N+](C)(C)C. The maximum atomic E-state index is 10.8. The van der Waals surface area contributed by atoms with E-state index in [2.05, 4.69) is 0 Å². The summed E-state index contributed by atoms with van der Waals surface area (Å²) >= 11 is 0. The highest BCUT2D eigenvalue weighted by Gasteiger charge is 2.33. The van der Waals surface area contributed by atoms with Crippen molar-refractivity contribution in [2.24, 2.45) is 0 Å². The third kappa shape index (κ3) is 13.8. The Labute approximate surface area is 141 Å². The van der Waals surface area contributed by atoms with Gasteiger partial charge in [-0.2, -0.15) is 0 Å². The van der Waals surface area contributed by atoms with Crippen molar-refractivity contribution in [3.8, 4) is 0 Å². The largest absolute Gasteiger partial charge is 0.394 e. The summed E-state index contributed by atoms with van der Waals surface area (Å²) in [6, 6.07) is 0. The maximum absolute atomic E-state index is 10.8. The highest BCUT2D eigenvalue weighted by atomic mass is 16.5. The van der Waals surface area contributed by atoms with Gasteiger partial charge in [0, 0.05) is 13.0 Å². The number of aliphatic hydroxyl groups excluding tert-OH is 2. The molecule has 0 saturated heterocycles. The van der Waals surface area contributed by atoms with Crippen molar-refractivity contribution in [2.45, 2.75) is 18.1 Å². The summed E-state index contributed by atoms with van der Waals surface area (Å²) in [6.45, 7) is 2.05. The van der Waals surface area contributed by atoms with Crippen molar-refractivity contribution in [1.82, 2.24) is 0 Å². The van der Waals surface area contributed by atoms with E-state index in [4.69, 9.17) is 14.6 Å². The van der Waals surface area contributed by atoms with Crippen molar-refractivity contribution in [1.29, 1.82) is 0 Å². The molecule has 140 valence electrons. The van der Waals surface area contributed by atoms with Crippen molar-refractivity contribution >= 4 is 0 Å². The molecular weight excluding hydrogens is 300 g/mol. The molecule has 0 fully saturated rings. The van der Waals surface area contributed by atoms with Crippen LogP contribution in [0.4, 0.5) is 0 Å². The van der Waals surface area contributed by atoms with Gasteiger partial charge in [-0.15, -0.1) is 0 Å². The van der Waals surface area contributed by atoms with E-state index >= 15 is 0 Å². The summed E-state index contributed by atoms with van der Waals surface area (Å²) in [4.78, 5) is 0. The number of quaternary nitrogens is 2. The molecule has 2 atom stereocenters. The van der Waals surface area contributed by atoms with E-state index in [0.717, 1.165) is 0 Å². The van der Waals surface area contributed by atoms with Gasteiger partial charge in [0.25, 0.3) is 0 Å². The molecule has 0 spiro atoms. The van der Waals surface area contributed by atoms with Crippen LogP contribution in [0.5, 0.6) is 0 Å². The lowest BCUT2D eigenvalue weighted by Gasteiger charge is -2.35. The number of rotatable bonds is 13. The lowest BCUT2D eigenvalue weighted by atomic mass is 10.00. The zero-order valence-corrected chi connectivity index (χ0v) is 15.8. The molecule has 3 N–H and O–H groups in total. The second-order valence-corrected chi connectivity index (χ2v) is 8.40. The van der Waals surface area contributed by atoms with Crippen LogP contribution < -0.4 is 0 Å². The molecule has 0 radical (unpaired) electrons. The zero-order chi connectivity index (χ0) is 18.1. The normalized spacial score (nSPS) is 17.1. The molecule has 0 aromatic heterocycles. The van der Waals surface area contributed by atoms with Crippen LogP contribution in [0.15, 0.2) is 0 Å². The van der Waals surface area contributed by atoms with Crippen LogP contribution in [0.1, 0.15) is 6.42 Å². The van der Waals surface area contributed by atoms with Crippen LogP contribution in [0, 0.1) is 0 Å². The Hall–Kier alpha value is -0.280. The first-order chi connectivity index (χ1) is 10.4. The van der Waals surface area contributed by atoms with Crippen LogP contribution in [-0.4, -0.2) is 124 Å². The second-order valence-electron chi connectivity index (χ2n) is 8.40. The molecule has 0 aliphatic heterocycles. The van der Waals surface area contributed by atoms with Crippen molar-refractivity contribution in [3.05, 3.63) is 0 Å². The van der Waals surface area contributed by atoms with Gasteiger partial charge in [-0.3, -0.25) is 0 Å². The predicted molar refractivity (Wildman–Crippen MR) is 90.1 cm³/mol. The molecule has 0 aromatic carbocycles. The average molecular weight is 338 g/mol. The van der Waals surface area contributed by atoms with Gasteiger partial charge in [0.2, 0.25) is 0 Å². The standard InChI is InChI=1S/C16H38N2O5/c1-17(2,3)11-15(20)12-22-9-7-16(21,13-18(4,5)6)14-23-10-8-19/h15,19-21H,7-14H2,1-6H3/q+2. The first kappa shape index (κ1) is 22.7. The van der Waals surface area contributed by atoms with Gasteiger partial charge in [-0.05, 0) is 0 Å². The Morgan fingerprint density at radius 3 is 2.04 bits per heavy atom. The molecule has 0 aliphatic carbocycles. The van der Waals surface area contributed by atoms with E-state index in [0.29, 0.717) is 35.1 Å². The van der Waals surface area contributed by atoms with E-state index in [-0.39, 0.29) is 26.4 Å². The van der Waals surface area contributed by atoms with E-state index in [9.17, 15) is 10.2 Å². The number of aliphatic hydroxyl groups is 3. The van der Waals surface area contributed by atoms with Crippen molar-refractivity contribution in [2.75, 3.05) is 88.4 Å². The third-order valence-corrected chi connectivity index (χ3v) is 3.16.